The van der Waals surface area contributed by atoms with Crippen molar-refractivity contribution in [2.75, 3.05) is 0 Å². The zero-order chi connectivity index (χ0) is 28.8. The first-order valence-corrected chi connectivity index (χ1v) is 20.2. The Morgan fingerprint density at radius 3 is 1.93 bits per heavy atom. The molecule has 0 heterocycles. The van der Waals surface area contributed by atoms with Gasteiger partial charge in [-0.1, -0.05) is 0 Å². The van der Waals surface area contributed by atoms with Crippen LogP contribution < -0.4 is 24.8 Å². The van der Waals surface area contributed by atoms with Crippen LogP contribution in [0.25, 0.3) is 22.3 Å². The predicted molar refractivity (Wildman–Crippen MR) is 176 cm³/mol. The van der Waals surface area contributed by atoms with E-state index in [4.69, 9.17) is 0 Å². The molecule has 0 radical (unpaired) electrons. The first kappa shape index (κ1) is 33.1. The predicted octanol–water partition coefficient (Wildman–Crippen LogP) is 5.07. The van der Waals surface area contributed by atoms with Crippen LogP contribution in [0.15, 0.2) is 57.4 Å². The van der Waals surface area contributed by atoms with Gasteiger partial charge in [0.1, 0.15) is 0 Å². The molecule has 0 N–H and O–H groups in total. The summed E-state index contributed by atoms with van der Waals surface area (Å²) in [6.07, 6.45) is 19.7. The Kier molecular flexibility index (Phi) is 9.11. The van der Waals surface area contributed by atoms with Gasteiger partial charge in [0.05, 0.1) is 0 Å². The number of benzene rings is 2. The van der Waals surface area contributed by atoms with Crippen LogP contribution >= 0.6 is 0 Å². The van der Waals surface area contributed by atoms with Crippen LogP contribution in [0.1, 0.15) is 127 Å². The van der Waals surface area contributed by atoms with E-state index in [0.717, 1.165) is 12.8 Å². The van der Waals surface area contributed by atoms with Crippen molar-refractivity contribution in [1.29, 1.82) is 0 Å². The Hall–Kier alpha value is -1.27. The molecule has 7 rings (SSSR count). The third-order valence-electron chi connectivity index (χ3n) is 11.4. The van der Waals surface area contributed by atoms with Crippen LogP contribution in [0.4, 0.5) is 0 Å². The zero-order valence-corrected chi connectivity index (χ0v) is 31.4. The van der Waals surface area contributed by atoms with Gasteiger partial charge in [-0.15, -0.1) is 0 Å². The number of halogens is 2. The van der Waals surface area contributed by atoms with Crippen LogP contribution in [0, 0.1) is 5.92 Å². The van der Waals surface area contributed by atoms with Crippen molar-refractivity contribution in [2.24, 2.45) is 5.92 Å². The van der Waals surface area contributed by atoms with E-state index in [2.05, 4.69) is 104 Å². The maximum absolute atomic E-state index is 2.78. The summed E-state index contributed by atoms with van der Waals surface area (Å²) < 4.78 is 4.59. The molecular formula is C40H48Cl2Zr. The molecule has 2 aromatic rings. The largest absolute Gasteiger partial charge is 1.00 e. The molecule has 5 aliphatic rings. The molecule has 0 bridgehead atoms. The first-order valence-electron chi connectivity index (χ1n) is 16.3. The van der Waals surface area contributed by atoms with E-state index in [0.29, 0.717) is 9.54 Å². The van der Waals surface area contributed by atoms with Gasteiger partial charge < -0.3 is 24.8 Å². The Morgan fingerprint density at radius 2 is 1.33 bits per heavy atom. The number of rotatable bonds is 2. The second kappa shape index (κ2) is 11.8. The summed E-state index contributed by atoms with van der Waals surface area (Å²) in [6.45, 7) is 19.6. The average Bonchev–Trinajstić information content (AvgIpc) is 3.46. The monoisotopic (exact) mass is 688 g/mol. The van der Waals surface area contributed by atoms with E-state index < -0.39 is 21.3 Å². The summed E-state index contributed by atoms with van der Waals surface area (Å²) in [4.78, 5) is 0. The van der Waals surface area contributed by atoms with E-state index in [9.17, 15) is 0 Å². The second-order valence-corrected chi connectivity index (χ2v) is 21.9. The molecule has 0 spiro atoms. The molecular weight excluding hydrogens is 643 g/mol. The third-order valence-corrected chi connectivity index (χ3v) is 21.2. The van der Waals surface area contributed by atoms with Gasteiger partial charge in [-0.25, -0.2) is 0 Å². The molecule has 3 heteroatoms. The van der Waals surface area contributed by atoms with Gasteiger partial charge >= 0.3 is 258 Å². The SMILES string of the molecule is CC1=CC(C)[C]([Zr+2](=[C]2CCCCC2)[CH]2C=C(C)c3cc4c(cc3C2(C)C)Cc2cc3c(cc2-4)C(C)=CCC3(C)C)=C1.[Cl-].[Cl-]. The summed E-state index contributed by atoms with van der Waals surface area (Å²) in [5, 5.41) is 0. The Morgan fingerprint density at radius 1 is 0.721 bits per heavy atom. The molecule has 0 aliphatic heterocycles. The molecule has 1 saturated carbocycles. The summed E-state index contributed by atoms with van der Waals surface area (Å²) in [6, 6.07) is 10.4. The zero-order valence-electron chi connectivity index (χ0n) is 27.5. The molecule has 1 fully saturated rings. The van der Waals surface area contributed by atoms with Crippen LogP contribution in [-0.4, -0.2) is 3.21 Å². The number of fused-ring (bicyclic) bond motifs is 5. The van der Waals surface area contributed by atoms with Crippen molar-refractivity contribution in [1.82, 2.24) is 0 Å². The van der Waals surface area contributed by atoms with Crippen molar-refractivity contribution >= 4 is 14.4 Å². The number of allylic oxidation sites excluding steroid dienone is 8. The Labute approximate surface area is 281 Å². The molecule has 2 unspecified atom stereocenters. The van der Waals surface area contributed by atoms with Crippen molar-refractivity contribution in [3.63, 3.8) is 0 Å². The number of hydrogen-bond acceptors (Lipinski definition) is 0. The van der Waals surface area contributed by atoms with E-state index in [1.54, 1.807) is 22.3 Å². The Balaban J connectivity index is 0.00000184. The van der Waals surface area contributed by atoms with Crippen LogP contribution in [-0.2, 0) is 38.5 Å². The van der Waals surface area contributed by atoms with E-state index >= 15 is 0 Å². The quantitative estimate of drug-likeness (QED) is 0.353. The van der Waals surface area contributed by atoms with Crippen molar-refractivity contribution in [3.8, 4) is 11.1 Å². The smallest absolute Gasteiger partial charge is 1.00 e. The maximum atomic E-state index is 2.78. The molecule has 0 amide bonds. The van der Waals surface area contributed by atoms with Gasteiger partial charge in [-0.2, -0.15) is 0 Å². The summed E-state index contributed by atoms with van der Waals surface area (Å²) >= 11 is -2.13. The minimum atomic E-state index is -2.13. The fraction of sp³-hybridized carbons (Fsp3) is 0.475. The van der Waals surface area contributed by atoms with Crippen LogP contribution in [0.3, 0.4) is 0 Å². The molecule has 0 aromatic heterocycles. The minimum absolute atomic E-state index is 0. The van der Waals surface area contributed by atoms with Crippen molar-refractivity contribution < 1.29 is 46.1 Å². The first-order chi connectivity index (χ1) is 19.5. The van der Waals surface area contributed by atoms with Gasteiger partial charge in [0.2, 0.25) is 0 Å². The summed E-state index contributed by atoms with van der Waals surface area (Å²) in [5.41, 5.74) is 17.1. The van der Waals surface area contributed by atoms with E-state index in [1.165, 1.54) is 71.1 Å². The molecule has 0 nitrogen and oxygen atoms in total. The van der Waals surface area contributed by atoms with Crippen LogP contribution in [0.2, 0.25) is 3.63 Å². The van der Waals surface area contributed by atoms with Gasteiger partial charge in [-0.3, -0.25) is 0 Å². The average molecular weight is 691 g/mol. The topological polar surface area (TPSA) is 0 Å². The van der Waals surface area contributed by atoms with E-state index in [1.807, 2.05) is 6.49 Å². The van der Waals surface area contributed by atoms with Crippen LogP contribution in [0.5, 0.6) is 0 Å². The molecule has 2 aromatic carbocycles. The van der Waals surface area contributed by atoms with Gasteiger partial charge in [0, 0.05) is 0 Å². The molecule has 226 valence electrons. The standard InChI is InChI=1S/C27H29.C7H9.C6H10.2ClH.Zr/c1-16-7-9-26(3,4)24-12-18-11-19-13-25-21(17(2)8-10-27(25,5)6)15-23(19)22(18)14-20(16)24;1-6-3-4-7(2)5-6;1-2-4-6-5-3-1;;;/h7-9,12-15H,10-11H2,1-6H3;3,5,7H,1-2H3;1-5H2;2*1H;/q;;;;;+2/p-2. The maximum Gasteiger partial charge on any atom is -1.00 e. The fourth-order valence-corrected chi connectivity index (χ4v) is 19.6. The molecule has 2 atom stereocenters. The summed E-state index contributed by atoms with van der Waals surface area (Å²) in [7, 11) is 0. The minimum Gasteiger partial charge on any atom is -1.00 e. The van der Waals surface area contributed by atoms with Crippen molar-refractivity contribution in [2.45, 2.75) is 115 Å². The van der Waals surface area contributed by atoms with Crippen molar-refractivity contribution in [3.05, 3.63) is 90.8 Å². The summed E-state index contributed by atoms with van der Waals surface area (Å²) in [5.74, 6) is 0.632. The molecule has 0 saturated heterocycles. The number of hydrogen-bond donors (Lipinski definition) is 0. The molecule has 43 heavy (non-hydrogen) atoms. The second-order valence-electron chi connectivity index (χ2n) is 15.2. The normalized spacial score (nSPS) is 23.9. The molecule has 5 aliphatic carbocycles. The fourth-order valence-electron chi connectivity index (χ4n) is 8.91. The Bertz CT molecular complexity index is 1650. The third kappa shape index (κ3) is 5.36. The van der Waals surface area contributed by atoms with Gasteiger partial charge in [0.25, 0.3) is 0 Å². The van der Waals surface area contributed by atoms with Gasteiger partial charge in [0.15, 0.2) is 0 Å². The van der Waals surface area contributed by atoms with Gasteiger partial charge in [-0.05, 0) is 0 Å². The van der Waals surface area contributed by atoms with E-state index in [-0.39, 0.29) is 35.6 Å².